The number of imidazole rings is 1. The van der Waals surface area contributed by atoms with Gasteiger partial charge in [-0.15, -0.1) is 0 Å². The minimum atomic E-state index is -3.28. The Balaban J connectivity index is 2.37. The average Bonchev–Trinajstić information content (AvgIpc) is 2.64. The Morgan fingerprint density at radius 3 is 2.93 bits per heavy atom. The molecule has 3 N–H and O–H groups in total. The van der Waals surface area contributed by atoms with Crippen LogP contribution >= 0.6 is 0 Å². The van der Waals surface area contributed by atoms with E-state index in [1.54, 1.807) is 6.20 Å². The Labute approximate surface area is 82.4 Å². The summed E-state index contributed by atoms with van der Waals surface area (Å²) in [5.41, 5.74) is 0.706. The fraction of sp³-hybridized carbons (Fsp3) is 0.571. The summed E-state index contributed by atoms with van der Waals surface area (Å²) in [6.07, 6.45) is 3.28. The molecule has 0 aliphatic heterocycles. The second-order valence-corrected chi connectivity index (χ2v) is 4.72. The van der Waals surface area contributed by atoms with Crippen molar-refractivity contribution in [2.45, 2.75) is 13.0 Å². The fourth-order valence-electron chi connectivity index (χ4n) is 0.896. The third-order valence-electron chi connectivity index (χ3n) is 1.61. The maximum atomic E-state index is 11.2. The molecular formula is C7H13N3O3S. The van der Waals surface area contributed by atoms with Crippen LogP contribution in [0.2, 0.25) is 0 Å². The van der Waals surface area contributed by atoms with Gasteiger partial charge < -0.3 is 10.1 Å². The lowest BCUT2D eigenvalue weighted by Gasteiger charge is -2.03. The fourth-order valence-corrected chi connectivity index (χ4v) is 1.92. The first-order valence-corrected chi connectivity index (χ1v) is 5.85. The Kier molecular flexibility index (Phi) is 4.05. The van der Waals surface area contributed by atoms with Crippen molar-refractivity contribution in [3.8, 4) is 0 Å². The number of hydrogen-bond donors (Lipinski definition) is 3. The van der Waals surface area contributed by atoms with Crippen molar-refractivity contribution < 1.29 is 13.5 Å². The van der Waals surface area contributed by atoms with Gasteiger partial charge in [0.2, 0.25) is 10.0 Å². The van der Waals surface area contributed by atoms with E-state index in [1.807, 2.05) is 0 Å². The molecule has 0 fully saturated rings. The number of nitrogens with zero attached hydrogens (tertiary/aromatic N) is 1. The van der Waals surface area contributed by atoms with Gasteiger partial charge in [0.05, 0.1) is 18.6 Å². The van der Waals surface area contributed by atoms with Crippen LogP contribution < -0.4 is 4.72 Å². The van der Waals surface area contributed by atoms with Gasteiger partial charge >= 0.3 is 0 Å². The summed E-state index contributed by atoms with van der Waals surface area (Å²) in [4.78, 5) is 6.53. The van der Waals surface area contributed by atoms with E-state index in [2.05, 4.69) is 14.7 Å². The summed E-state index contributed by atoms with van der Waals surface area (Å²) in [6, 6.07) is 0. The molecule has 0 spiro atoms. The van der Waals surface area contributed by atoms with E-state index in [0.717, 1.165) is 0 Å². The third kappa shape index (κ3) is 3.86. The first kappa shape index (κ1) is 11.2. The quantitative estimate of drug-likeness (QED) is 0.584. The second-order valence-electron chi connectivity index (χ2n) is 2.79. The molecule has 6 nitrogen and oxygen atoms in total. The monoisotopic (exact) mass is 219 g/mol. The van der Waals surface area contributed by atoms with E-state index >= 15 is 0 Å². The lowest BCUT2D eigenvalue weighted by Crippen LogP contribution is -2.26. The number of aliphatic hydroxyl groups excluding tert-OH is 1. The van der Waals surface area contributed by atoms with E-state index in [4.69, 9.17) is 5.11 Å². The van der Waals surface area contributed by atoms with Crippen LogP contribution in [0.1, 0.15) is 12.1 Å². The molecule has 7 heteroatoms. The van der Waals surface area contributed by atoms with Crippen LogP contribution in [-0.4, -0.2) is 35.9 Å². The maximum absolute atomic E-state index is 11.2. The number of aromatic amines is 1. The summed E-state index contributed by atoms with van der Waals surface area (Å²) in [6.45, 7) is 0.0821. The van der Waals surface area contributed by atoms with E-state index in [-0.39, 0.29) is 25.3 Å². The molecule has 0 bridgehead atoms. The van der Waals surface area contributed by atoms with Gasteiger partial charge in [0, 0.05) is 18.5 Å². The normalized spacial score (nSPS) is 11.8. The summed E-state index contributed by atoms with van der Waals surface area (Å²) in [5.74, 6) is -0.0579. The summed E-state index contributed by atoms with van der Waals surface area (Å²) in [7, 11) is -3.28. The summed E-state index contributed by atoms with van der Waals surface area (Å²) in [5, 5.41) is 8.47. The number of aromatic nitrogens is 2. The number of nitrogens with one attached hydrogen (secondary N) is 2. The van der Waals surface area contributed by atoms with Crippen molar-refractivity contribution in [1.82, 2.24) is 14.7 Å². The highest BCUT2D eigenvalue weighted by molar-refractivity contribution is 7.89. The van der Waals surface area contributed by atoms with Gasteiger partial charge in [0.1, 0.15) is 0 Å². The smallest absolute Gasteiger partial charge is 0.212 e. The molecule has 0 aromatic carbocycles. The Hall–Kier alpha value is -0.920. The molecule has 1 rings (SSSR count). The van der Waals surface area contributed by atoms with Crippen molar-refractivity contribution in [1.29, 1.82) is 0 Å². The first-order chi connectivity index (χ1) is 6.64. The van der Waals surface area contributed by atoms with Crippen molar-refractivity contribution in [2.75, 3.05) is 12.4 Å². The molecule has 1 heterocycles. The van der Waals surface area contributed by atoms with Crippen LogP contribution in [0.15, 0.2) is 12.5 Å². The van der Waals surface area contributed by atoms with Crippen LogP contribution in [-0.2, 0) is 16.6 Å². The lowest BCUT2D eigenvalue weighted by atomic mass is 10.5. The van der Waals surface area contributed by atoms with E-state index in [0.29, 0.717) is 5.69 Å². The molecule has 0 saturated heterocycles. The number of sulfonamides is 1. The zero-order valence-electron chi connectivity index (χ0n) is 7.60. The van der Waals surface area contributed by atoms with Crippen molar-refractivity contribution >= 4 is 10.0 Å². The highest BCUT2D eigenvalue weighted by Gasteiger charge is 2.08. The van der Waals surface area contributed by atoms with Crippen molar-refractivity contribution in [3.05, 3.63) is 18.2 Å². The zero-order chi connectivity index (χ0) is 10.4. The minimum absolute atomic E-state index is 0.0579. The molecule has 0 atom stereocenters. The predicted octanol–water partition coefficient (Wildman–Crippen LogP) is -0.788. The van der Waals surface area contributed by atoms with Crippen molar-refractivity contribution in [3.63, 3.8) is 0 Å². The molecule has 0 amide bonds. The van der Waals surface area contributed by atoms with Gasteiger partial charge in [-0.1, -0.05) is 0 Å². The third-order valence-corrected chi connectivity index (χ3v) is 3.02. The largest absolute Gasteiger partial charge is 0.396 e. The maximum Gasteiger partial charge on any atom is 0.212 e. The van der Waals surface area contributed by atoms with E-state index < -0.39 is 10.0 Å². The molecule has 0 radical (unpaired) electrons. The molecule has 0 unspecified atom stereocenters. The molecule has 80 valence electrons. The minimum Gasteiger partial charge on any atom is -0.396 e. The van der Waals surface area contributed by atoms with Crippen LogP contribution in [0.25, 0.3) is 0 Å². The van der Waals surface area contributed by atoms with Gasteiger partial charge in [0.25, 0.3) is 0 Å². The number of H-pyrrole nitrogens is 1. The van der Waals surface area contributed by atoms with Crippen molar-refractivity contribution in [2.24, 2.45) is 0 Å². The molecule has 1 aromatic heterocycles. The molecule has 0 saturated carbocycles. The van der Waals surface area contributed by atoms with Gasteiger partial charge in [-0.2, -0.15) is 0 Å². The number of aliphatic hydroxyl groups is 1. The van der Waals surface area contributed by atoms with Gasteiger partial charge in [0.15, 0.2) is 0 Å². The predicted molar refractivity (Wildman–Crippen MR) is 50.9 cm³/mol. The number of hydrogen-bond acceptors (Lipinski definition) is 4. The number of rotatable bonds is 6. The van der Waals surface area contributed by atoms with Gasteiger partial charge in [-0.25, -0.2) is 18.1 Å². The lowest BCUT2D eigenvalue weighted by molar-refractivity contribution is 0.295. The highest BCUT2D eigenvalue weighted by Crippen LogP contribution is 1.94. The zero-order valence-corrected chi connectivity index (χ0v) is 8.42. The Morgan fingerprint density at radius 2 is 2.36 bits per heavy atom. The first-order valence-electron chi connectivity index (χ1n) is 4.19. The highest BCUT2D eigenvalue weighted by atomic mass is 32.2. The van der Waals surface area contributed by atoms with Crippen LogP contribution in [0.5, 0.6) is 0 Å². The average molecular weight is 219 g/mol. The SMILES string of the molecule is O=S(=O)(CCCO)NCc1cnc[nH]1. The van der Waals surface area contributed by atoms with Gasteiger partial charge in [-0.05, 0) is 6.42 Å². The van der Waals surface area contributed by atoms with Crippen LogP contribution in [0, 0.1) is 0 Å². The van der Waals surface area contributed by atoms with E-state index in [9.17, 15) is 8.42 Å². The molecule has 1 aromatic rings. The topological polar surface area (TPSA) is 95.1 Å². The second kappa shape index (κ2) is 5.08. The summed E-state index contributed by atoms with van der Waals surface area (Å²) >= 11 is 0. The molecule has 0 aliphatic carbocycles. The van der Waals surface area contributed by atoms with E-state index in [1.165, 1.54) is 6.33 Å². The molecular weight excluding hydrogens is 206 g/mol. The van der Waals surface area contributed by atoms with Gasteiger partial charge in [-0.3, -0.25) is 0 Å². The van der Waals surface area contributed by atoms with Crippen LogP contribution in [0.4, 0.5) is 0 Å². The molecule has 14 heavy (non-hydrogen) atoms. The van der Waals surface area contributed by atoms with Crippen LogP contribution in [0.3, 0.4) is 0 Å². The Morgan fingerprint density at radius 1 is 1.57 bits per heavy atom. The molecule has 0 aliphatic rings. The Bertz CT molecular complexity index is 346. The summed E-state index contributed by atoms with van der Waals surface area (Å²) < 4.78 is 24.8. The standard InChI is InChI=1S/C7H13N3O3S/c11-2-1-3-14(12,13)10-5-7-4-8-6-9-7/h4,6,10-11H,1-3,5H2,(H,8,9).